The van der Waals surface area contributed by atoms with Crippen molar-refractivity contribution in [2.24, 2.45) is 17.8 Å². The minimum Gasteiger partial charge on any atom is -0.355 e. The Hall–Kier alpha value is -0.490. The number of hydrogen-bond acceptors (Lipinski definition) is 2. The highest BCUT2D eigenvalue weighted by Crippen LogP contribution is 2.39. The molecular weight excluding hydrogens is 281 g/mol. The number of amides is 1. The van der Waals surface area contributed by atoms with E-state index in [0.717, 1.165) is 13.1 Å². The molecule has 7 heteroatoms. The van der Waals surface area contributed by atoms with Crippen molar-refractivity contribution in [3.05, 3.63) is 0 Å². The van der Waals surface area contributed by atoms with Crippen LogP contribution in [0.15, 0.2) is 0 Å². The van der Waals surface area contributed by atoms with Crippen LogP contribution in [-0.4, -0.2) is 31.7 Å². The highest BCUT2D eigenvalue weighted by atomic mass is 35.5. The molecular formula is C12H20ClF3N2O. The number of nitrogens with one attached hydrogen (secondary N) is 2. The van der Waals surface area contributed by atoms with Crippen LogP contribution in [0.25, 0.3) is 0 Å². The largest absolute Gasteiger partial charge is 0.391 e. The second-order valence-corrected chi connectivity index (χ2v) is 5.37. The summed E-state index contributed by atoms with van der Waals surface area (Å²) in [5.41, 5.74) is 0. The first-order chi connectivity index (χ1) is 8.47. The highest BCUT2D eigenvalue weighted by Gasteiger charge is 2.43. The van der Waals surface area contributed by atoms with E-state index >= 15 is 0 Å². The van der Waals surface area contributed by atoms with Gasteiger partial charge in [0.1, 0.15) is 0 Å². The third-order valence-corrected chi connectivity index (χ3v) is 3.94. The predicted molar refractivity (Wildman–Crippen MR) is 68.1 cm³/mol. The SMILES string of the molecule is Cl.O=C(NCC1CNC1)C1CCCC(C(F)(F)F)C1. The maximum Gasteiger partial charge on any atom is 0.391 e. The molecule has 0 aromatic carbocycles. The zero-order chi connectivity index (χ0) is 13.2. The smallest absolute Gasteiger partial charge is 0.355 e. The second kappa shape index (κ2) is 6.79. The number of hydrogen-bond donors (Lipinski definition) is 2. The average Bonchev–Trinajstić information content (AvgIpc) is 2.26. The Bertz CT molecular complexity index is 308. The van der Waals surface area contributed by atoms with Crippen molar-refractivity contribution in [2.45, 2.75) is 31.9 Å². The Morgan fingerprint density at radius 3 is 2.47 bits per heavy atom. The maximum absolute atomic E-state index is 12.6. The van der Waals surface area contributed by atoms with Crippen LogP contribution in [0.2, 0.25) is 0 Å². The number of carbonyl (C=O) groups is 1. The molecule has 2 fully saturated rings. The van der Waals surface area contributed by atoms with Gasteiger partial charge in [-0.25, -0.2) is 0 Å². The molecule has 2 unspecified atom stereocenters. The van der Waals surface area contributed by atoms with Gasteiger partial charge < -0.3 is 10.6 Å². The molecule has 1 amide bonds. The quantitative estimate of drug-likeness (QED) is 0.838. The van der Waals surface area contributed by atoms with E-state index in [-0.39, 0.29) is 31.2 Å². The fraction of sp³-hybridized carbons (Fsp3) is 0.917. The lowest BCUT2D eigenvalue weighted by Gasteiger charge is -2.31. The minimum atomic E-state index is -4.16. The van der Waals surface area contributed by atoms with E-state index in [9.17, 15) is 18.0 Å². The van der Waals surface area contributed by atoms with Gasteiger partial charge in [-0.05, 0) is 19.3 Å². The number of halogens is 4. The summed E-state index contributed by atoms with van der Waals surface area (Å²) in [7, 11) is 0. The Balaban J connectivity index is 0.00000180. The van der Waals surface area contributed by atoms with Gasteiger partial charge in [-0.3, -0.25) is 4.79 Å². The van der Waals surface area contributed by atoms with Crippen molar-refractivity contribution in [1.29, 1.82) is 0 Å². The van der Waals surface area contributed by atoms with Gasteiger partial charge >= 0.3 is 6.18 Å². The average molecular weight is 301 g/mol. The molecule has 2 N–H and O–H groups in total. The van der Waals surface area contributed by atoms with E-state index in [4.69, 9.17) is 0 Å². The molecule has 1 saturated heterocycles. The van der Waals surface area contributed by atoms with E-state index in [1.807, 2.05) is 0 Å². The van der Waals surface area contributed by atoms with Crippen molar-refractivity contribution < 1.29 is 18.0 Å². The topological polar surface area (TPSA) is 41.1 Å². The lowest BCUT2D eigenvalue weighted by molar-refractivity contribution is -0.186. The summed E-state index contributed by atoms with van der Waals surface area (Å²) in [5.74, 6) is -1.52. The molecule has 1 aliphatic heterocycles. The molecule has 2 atom stereocenters. The van der Waals surface area contributed by atoms with Crippen LogP contribution in [0.4, 0.5) is 13.2 Å². The molecule has 0 radical (unpaired) electrons. The van der Waals surface area contributed by atoms with Gasteiger partial charge in [0, 0.05) is 31.5 Å². The first kappa shape index (κ1) is 16.6. The minimum absolute atomic E-state index is 0. The van der Waals surface area contributed by atoms with E-state index < -0.39 is 18.0 Å². The Morgan fingerprint density at radius 2 is 1.95 bits per heavy atom. The van der Waals surface area contributed by atoms with Crippen molar-refractivity contribution in [3.8, 4) is 0 Å². The van der Waals surface area contributed by atoms with Gasteiger partial charge in [0.15, 0.2) is 0 Å². The van der Waals surface area contributed by atoms with Crippen LogP contribution < -0.4 is 10.6 Å². The lowest BCUT2D eigenvalue weighted by Crippen LogP contribution is -2.49. The molecule has 0 aromatic rings. The molecule has 0 spiro atoms. The van der Waals surface area contributed by atoms with E-state index in [1.54, 1.807) is 0 Å². The zero-order valence-corrected chi connectivity index (χ0v) is 11.4. The molecule has 112 valence electrons. The van der Waals surface area contributed by atoms with Gasteiger partial charge in [-0.15, -0.1) is 12.4 Å². The standard InChI is InChI=1S/C12H19F3N2O.ClH/c13-12(14,15)10-3-1-2-9(4-10)11(18)17-7-8-5-16-6-8;/h8-10,16H,1-7H2,(H,17,18);1H. The van der Waals surface area contributed by atoms with Crippen LogP contribution in [0, 0.1) is 17.8 Å². The van der Waals surface area contributed by atoms with Crippen molar-refractivity contribution in [1.82, 2.24) is 10.6 Å². The van der Waals surface area contributed by atoms with Crippen molar-refractivity contribution in [3.63, 3.8) is 0 Å². The van der Waals surface area contributed by atoms with E-state index in [2.05, 4.69) is 10.6 Å². The fourth-order valence-corrected chi connectivity index (χ4v) is 2.61. The molecule has 19 heavy (non-hydrogen) atoms. The fourth-order valence-electron chi connectivity index (χ4n) is 2.61. The van der Waals surface area contributed by atoms with E-state index in [1.165, 1.54) is 0 Å². The molecule has 1 heterocycles. The summed E-state index contributed by atoms with van der Waals surface area (Å²) in [6.07, 6.45) is -2.95. The summed E-state index contributed by atoms with van der Waals surface area (Å²) in [6.45, 7) is 2.35. The van der Waals surface area contributed by atoms with Crippen molar-refractivity contribution >= 4 is 18.3 Å². The Kier molecular flexibility index (Phi) is 5.92. The monoisotopic (exact) mass is 300 g/mol. The van der Waals surface area contributed by atoms with Gasteiger partial charge in [0.2, 0.25) is 5.91 Å². The van der Waals surface area contributed by atoms with Gasteiger partial charge in [-0.1, -0.05) is 6.42 Å². The van der Waals surface area contributed by atoms with Gasteiger partial charge in [0.05, 0.1) is 5.92 Å². The highest BCUT2D eigenvalue weighted by molar-refractivity contribution is 5.85. The van der Waals surface area contributed by atoms with Gasteiger partial charge in [0.25, 0.3) is 0 Å². The van der Waals surface area contributed by atoms with Crippen LogP contribution in [0.3, 0.4) is 0 Å². The summed E-state index contributed by atoms with van der Waals surface area (Å²) < 4.78 is 37.8. The summed E-state index contributed by atoms with van der Waals surface area (Å²) >= 11 is 0. The molecule has 0 aromatic heterocycles. The predicted octanol–water partition coefficient (Wildman–Crippen LogP) is 2.11. The molecule has 1 aliphatic carbocycles. The number of carbonyl (C=O) groups excluding carboxylic acids is 1. The third-order valence-electron chi connectivity index (χ3n) is 3.94. The number of alkyl halides is 3. The summed E-state index contributed by atoms with van der Waals surface area (Å²) in [6, 6.07) is 0. The Morgan fingerprint density at radius 1 is 1.26 bits per heavy atom. The third kappa shape index (κ3) is 4.53. The summed E-state index contributed by atoms with van der Waals surface area (Å²) in [5, 5.41) is 5.87. The zero-order valence-electron chi connectivity index (χ0n) is 10.6. The van der Waals surface area contributed by atoms with Gasteiger partial charge in [-0.2, -0.15) is 13.2 Å². The molecule has 2 rings (SSSR count). The maximum atomic E-state index is 12.6. The molecule has 1 saturated carbocycles. The Labute approximate surface area is 117 Å². The van der Waals surface area contributed by atoms with Crippen LogP contribution in [0.1, 0.15) is 25.7 Å². The van der Waals surface area contributed by atoms with E-state index in [0.29, 0.717) is 25.3 Å². The molecule has 3 nitrogen and oxygen atoms in total. The molecule has 0 bridgehead atoms. The first-order valence-corrected chi connectivity index (χ1v) is 6.52. The second-order valence-electron chi connectivity index (χ2n) is 5.37. The number of rotatable bonds is 3. The summed E-state index contributed by atoms with van der Waals surface area (Å²) in [4.78, 5) is 11.8. The normalized spacial score (nSPS) is 28.2. The van der Waals surface area contributed by atoms with Crippen LogP contribution in [-0.2, 0) is 4.79 Å². The van der Waals surface area contributed by atoms with Crippen LogP contribution >= 0.6 is 12.4 Å². The first-order valence-electron chi connectivity index (χ1n) is 6.52. The lowest BCUT2D eigenvalue weighted by atomic mass is 9.80. The van der Waals surface area contributed by atoms with Crippen molar-refractivity contribution in [2.75, 3.05) is 19.6 Å². The molecule has 2 aliphatic rings. The van der Waals surface area contributed by atoms with Crippen LogP contribution in [0.5, 0.6) is 0 Å².